The first kappa shape index (κ1) is 17.4. The van der Waals surface area contributed by atoms with Gasteiger partial charge in [0.2, 0.25) is 0 Å². The van der Waals surface area contributed by atoms with E-state index < -0.39 is 17.8 Å². The van der Waals surface area contributed by atoms with Crippen LogP contribution in [-0.4, -0.2) is 27.4 Å². The fourth-order valence-electron chi connectivity index (χ4n) is 3.05. The summed E-state index contributed by atoms with van der Waals surface area (Å²) >= 11 is 0. The zero-order valence-electron chi connectivity index (χ0n) is 15.0. The standard InChI is InChI=1S/C21H16N4O3/c1-14-5-2-6-15(11-14)24-10-4-8-16(24)12-18-19(26)23-21(28)25(20(18)27)17-7-3-9-22-13-17/h2-13H,1H3,(H,23,26,28)/b18-12+. The van der Waals surface area contributed by atoms with E-state index in [2.05, 4.69) is 10.3 Å². The molecule has 28 heavy (non-hydrogen) atoms. The molecule has 3 heterocycles. The number of aryl methyl sites for hydroxylation is 1. The molecular weight excluding hydrogens is 356 g/mol. The molecule has 7 heteroatoms. The van der Waals surface area contributed by atoms with Gasteiger partial charge in [-0.2, -0.15) is 0 Å². The fourth-order valence-corrected chi connectivity index (χ4v) is 3.05. The zero-order valence-corrected chi connectivity index (χ0v) is 15.0. The number of hydrogen-bond acceptors (Lipinski definition) is 4. The number of rotatable bonds is 3. The van der Waals surface area contributed by atoms with Crippen molar-refractivity contribution in [3.63, 3.8) is 0 Å². The molecule has 7 nitrogen and oxygen atoms in total. The van der Waals surface area contributed by atoms with E-state index in [4.69, 9.17) is 0 Å². The van der Waals surface area contributed by atoms with Crippen molar-refractivity contribution in [1.29, 1.82) is 0 Å². The molecule has 1 fully saturated rings. The van der Waals surface area contributed by atoms with E-state index in [1.54, 1.807) is 18.2 Å². The number of pyridine rings is 1. The molecule has 1 saturated heterocycles. The van der Waals surface area contributed by atoms with Crippen LogP contribution in [-0.2, 0) is 9.59 Å². The van der Waals surface area contributed by atoms with Crippen LogP contribution in [0.2, 0.25) is 0 Å². The number of aromatic nitrogens is 2. The number of imide groups is 2. The van der Waals surface area contributed by atoms with Crippen molar-refractivity contribution >= 4 is 29.6 Å². The molecule has 4 rings (SSSR count). The second kappa shape index (κ2) is 6.96. The van der Waals surface area contributed by atoms with Gasteiger partial charge in [0.15, 0.2) is 0 Å². The number of hydrogen-bond donors (Lipinski definition) is 1. The van der Waals surface area contributed by atoms with E-state index in [-0.39, 0.29) is 11.3 Å². The molecule has 2 aromatic heterocycles. The summed E-state index contributed by atoms with van der Waals surface area (Å²) in [4.78, 5) is 42.3. The third kappa shape index (κ3) is 3.09. The van der Waals surface area contributed by atoms with E-state index in [0.29, 0.717) is 5.69 Å². The number of urea groups is 1. The molecule has 0 unspecified atom stereocenters. The maximum Gasteiger partial charge on any atom is 0.336 e. The van der Waals surface area contributed by atoms with Gasteiger partial charge in [-0.25, -0.2) is 9.69 Å². The molecular formula is C21H16N4O3. The number of benzene rings is 1. The minimum Gasteiger partial charge on any atom is -0.317 e. The Labute approximate surface area is 160 Å². The van der Waals surface area contributed by atoms with Crippen LogP contribution in [0.1, 0.15) is 11.3 Å². The highest BCUT2D eigenvalue weighted by Gasteiger charge is 2.37. The molecule has 138 valence electrons. The molecule has 0 spiro atoms. The van der Waals surface area contributed by atoms with Crippen LogP contribution < -0.4 is 10.2 Å². The van der Waals surface area contributed by atoms with Gasteiger partial charge in [-0.15, -0.1) is 0 Å². The normalized spacial score (nSPS) is 15.8. The number of amides is 4. The third-order valence-electron chi connectivity index (χ3n) is 4.36. The van der Waals surface area contributed by atoms with E-state index in [1.807, 2.05) is 48.0 Å². The average molecular weight is 372 g/mol. The monoisotopic (exact) mass is 372 g/mol. The molecule has 0 atom stereocenters. The van der Waals surface area contributed by atoms with Crippen LogP contribution >= 0.6 is 0 Å². The minimum absolute atomic E-state index is 0.129. The Morgan fingerprint density at radius 1 is 1.00 bits per heavy atom. The van der Waals surface area contributed by atoms with Gasteiger partial charge in [-0.3, -0.25) is 19.9 Å². The lowest BCUT2D eigenvalue weighted by Crippen LogP contribution is -2.54. The first-order valence-corrected chi connectivity index (χ1v) is 8.60. The molecule has 0 bridgehead atoms. The predicted molar refractivity (Wildman–Crippen MR) is 104 cm³/mol. The Bertz CT molecular complexity index is 1120. The molecule has 0 aliphatic carbocycles. The zero-order chi connectivity index (χ0) is 19.7. The molecule has 0 radical (unpaired) electrons. The average Bonchev–Trinajstić information content (AvgIpc) is 3.14. The highest BCUT2D eigenvalue weighted by Crippen LogP contribution is 2.22. The van der Waals surface area contributed by atoms with Crippen molar-refractivity contribution in [1.82, 2.24) is 14.9 Å². The first-order chi connectivity index (χ1) is 13.5. The van der Waals surface area contributed by atoms with Crippen molar-refractivity contribution in [3.8, 4) is 5.69 Å². The summed E-state index contributed by atoms with van der Waals surface area (Å²) in [6.07, 6.45) is 6.25. The minimum atomic E-state index is -0.797. The van der Waals surface area contributed by atoms with Gasteiger partial charge in [-0.1, -0.05) is 12.1 Å². The summed E-state index contributed by atoms with van der Waals surface area (Å²) in [7, 11) is 0. The lowest BCUT2D eigenvalue weighted by atomic mass is 10.1. The van der Waals surface area contributed by atoms with Crippen LogP contribution in [0, 0.1) is 6.92 Å². The molecule has 4 amide bonds. The summed E-state index contributed by atoms with van der Waals surface area (Å²) in [6.45, 7) is 1.99. The van der Waals surface area contributed by atoms with E-state index in [0.717, 1.165) is 16.2 Å². The van der Waals surface area contributed by atoms with Gasteiger partial charge in [0.25, 0.3) is 11.8 Å². The second-order valence-electron chi connectivity index (χ2n) is 6.31. The van der Waals surface area contributed by atoms with E-state index >= 15 is 0 Å². The number of anilines is 1. The van der Waals surface area contributed by atoms with Gasteiger partial charge in [0.1, 0.15) is 5.57 Å². The van der Waals surface area contributed by atoms with E-state index in [9.17, 15) is 14.4 Å². The van der Waals surface area contributed by atoms with Crippen molar-refractivity contribution < 1.29 is 14.4 Å². The number of barbiturate groups is 1. The summed E-state index contributed by atoms with van der Waals surface area (Å²) < 4.78 is 1.87. The Hall–Kier alpha value is -4.00. The molecule has 0 saturated carbocycles. The highest BCUT2D eigenvalue weighted by molar-refractivity contribution is 6.39. The molecule has 1 aliphatic heterocycles. The topological polar surface area (TPSA) is 84.3 Å². The lowest BCUT2D eigenvalue weighted by Gasteiger charge is -2.26. The van der Waals surface area contributed by atoms with Crippen LogP contribution in [0.3, 0.4) is 0 Å². The van der Waals surface area contributed by atoms with Crippen LogP contribution in [0.25, 0.3) is 11.8 Å². The molecule has 1 aliphatic rings. The summed E-state index contributed by atoms with van der Waals surface area (Å²) in [6, 6.07) is 13.9. The van der Waals surface area contributed by atoms with Gasteiger partial charge in [0, 0.05) is 23.8 Å². The van der Waals surface area contributed by atoms with Gasteiger partial charge >= 0.3 is 6.03 Å². The SMILES string of the molecule is Cc1cccc(-n2cccc2/C=C2\C(=O)NC(=O)N(c3cccnc3)C2=O)c1. The molecule has 1 aromatic carbocycles. The van der Waals surface area contributed by atoms with Crippen LogP contribution in [0.4, 0.5) is 10.5 Å². The smallest absolute Gasteiger partial charge is 0.317 e. The largest absolute Gasteiger partial charge is 0.336 e. The maximum atomic E-state index is 12.9. The Morgan fingerprint density at radius 2 is 1.82 bits per heavy atom. The number of nitrogens with one attached hydrogen (secondary N) is 1. The second-order valence-corrected chi connectivity index (χ2v) is 6.31. The van der Waals surface area contributed by atoms with Crippen molar-refractivity contribution in [2.45, 2.75) is 6.92 Å². The van der Waals surface area contributed by atoms with E-state index in [1.165, 1.54) is 18.5 Å². The van der Waals surface area contributed by atoms with Crippen molar-refractivity contribution in [3.05, 3.63) is 84.0 Å². The number of carbonyl (C=O) groups excluding carboxylic acids is 3. The number of carbonyl (C=O) groups is 3. The summed E-state index contributed by atoms with van der Waals surface area (Å²) in [5, 5.41) is 2.21. The number of nitrogens with zero attached hydrogens (tertiary/aromatic N) is 3. The van der Waals surface area contributed by atoms with Gasteiger partial charge in [-0.05, 0) is 55.0 Å². The first-order valence-electron chi connectivity index (χ1n) is 8.60. The van der Waals surface area contributed by atoms with Crippen molar-refractivity contribution in [2.75, 3.05) is 4.90 Å². The Kier molecular flexibility index (Phi) is 4.33. The van der Waals surface area contributed by atoms with Crippen LogP contribution in [0.5, 0.6) is 0 Å². The third-order valence-corrected chi connectivity index (χ3v) is 4.36. The Morgan fingerprint density at radius 3 is 2.57 bits per heavy atom. The molecule has 1 N–H and O–H groups in total. The lowest BCUT2D eigenvalue weighted by molar-refractivity contribution is -0.122. The summed E-state index contributed by atoms with van der Waals surface area (Å²) in [5.74, 6) is -1.43. The van der Waals surface area contributed by atoms with Crippen molar-refractivity contribution in [2.24, 2.45) is 0 Å². The predicted octanol–water partition coefficient (Wildman–Crippen LogP) is 2.85. The maximum absolute atomic E-state index is 12.9. The quantitative estimate of drug-likeness (QED) is 0.566. The highest BCUT2D eigenvalue weighted by atomic mass is 16.2. The molecule has 3 aromatic rings. The van der Waals surface area contributed by atoms with Crippen LogP contribution in [0.15, 0.2) is 72.7 Å². The summed E-state index contributed by atoms with van der Waals surface area (Å²) in [5.41, 5.74) is 2.79. The van der Waals surface area contributed by atoms with Gasteiger partial charge < -0.3 is 4.57 Å². The Balaban J connectivity index is 1.76. The fraction of sp³-hybridized carbons (Fsp3) is 0.0476. The van der Waals surface area contributed by atoms with Gasteiger partial charge in [0.05, 0.1) is 11.9 Å².